The Hall–Kier alpha value is -1.57. The highest BCUT2D eigenvalue weighted by atomic mass is 15.1. The minimum absolute atomic E-state index is 1.12. The van der Waals surface area contributed by atoms with Gasteiger partial charge in [0.05, 0.1) is 13.1 Å². The van der Waals surface area contributed by atoms with Crippen molar-refractivity contribution in [3.63, 3.8) is 0 Å². The molecule has 2 aromatic rings. The van der Waals surface area contributed by atoms with Gasteiger partial charge in [-0.15, -0.1) is 0 Å². The van der Waals surface area contributed by atoms with Crippen LogP contribution in [0.25, 0.3) is 0 Å². The van der Waals surface area contributed by atoms with Crippen molar-refractivity contribution < 1.29 is 4.57 Å². The Balaban J connectivity index is 1.41. The first kappa shape index (κ1) is 29.7. The molecule has 0 fully saturated rings. The first-order valence-corrected chi connectivity index (χ1v) is 15.5. The Morgan fingerprint density at radius 2 is 1.11 bits per heavy atom. The molecule has 2 heteroatoms. The summed E-state index contributed by atoms with van der Waals surface area (Å²) in [6, 6.07) is 10.9. The molecule has 2 rings (SSSR count). The fourth-order valence-corrected chi connectivity index (χ4v) is 5.42. The first-order valence-electron chi connectivity index (χ1n) is 15.5. The van der Waals surface area contributed by atoms with Gasteiger partial charge in [-0.2, -0.15) is 0 Å². The van der Waals surface area contributed by atoms with Gasteiger partial charge < -0.3 is 0 Å². The average Bonchev–Trinajstić information content (AvgIpc) is 3.28. The third kappa shape index (κ3) is 13.9. The summed E-state index contributed by atoms with van der Waals surface area (Å²) in [6.07, 6.45) is 32.6. The molecule has 35 heavy (non-hydrogen) atoms. The second-order valence-corrected chi connectivity index (χ2v) is 10.7. The van der Waals surface area contributed by atoms with E-state index in [1.54, 1.807) is 0 Å². The Morgan fingerprint density at radius 1 is 0.600 bits per heavy atom. The van der Waals surface area contributed by atoms with Crippen LogP contribution < -0.4 is 4.57 Å². The van der Waals surface area contributed by atoms with Gasteiger partial charge >= 0.3 is 0 Å². The molecule has 0 aliphatic heterocycles. The maximum absolute atomic E-state index is 2.51. The summed E-state index contributed by atoms with van der Waals surface area (Å²) in [5.41, 5.74) is 1.45. The van der Waals surface area contributed by atoms with Crippen LogP contribution in [0, 0.1) is 0 Å². The number of nitrogens with zero attached hydrogens (tertiary/aromatic N) is 2. The maximum atomic E-state index is 2.51. The van der Waals surface area contributed by atoms with Crippen LogP contribution in [0.5, 0.6) is 0 Å². The van der Waals surface area contributed by atoms with Gasteiger partial charge in [0.2, 0.25) is 0 Å². The summed E-state index contributed by atoms with van der Waals surface area (Å²) in [7, 11) is 0. The van der Waals surface area contributed by atoms with Gasteiger partial charge in [0.1, 0.15) is 12.4 Å². The van der Waals surface area contributed by atoms with Gasteiger partial charge in [0.25, 0.3) is 5.82 Å². The third-order valence-corrected chi connectivity index (χ3v) is 7.62. The lowest BCUT2D eigenvalue weighted by molar-refractivity contribution is -0.704. The molecule has 0 amide bonds. The normalized spacial score (nSPS) is 11.4. The number of aromatic nitrogens is 2. The van der Waals surface area contributed by atoms with E-state index in [0.717, 1.165) is 13.0 Å². The fraction of sp³-hybridized carbons (Fsp3) is 0.727. The van der Waals surface area contributed by atoms with Gasteiger partial charge in [-0.25, -0.2) is 9.13 Å². The van der Waals surface area contributed by atoms with Crippen LogP contribution in [-0.2, 0) is 25.9 Å². The smallest absolute Gasteiger partial charge is 0.234 e. The van der Waals surface area contributed by atoms with Crippen LogP contribution in [0.2, 0.25) is 0 Å². The van der Waals surface area contributed by atoms with E-state index in [4.69, 9.17) is 0 Å². The number of imidazole rings is 1. The molecule has 0 saturated carbocycles. The lowest BCUT2D eigenvalue weighted by Gasteiger charge is -2.05. The van der Waals surface area contributed by atoms with Crippen molar-refractivity contribution >= 4 is 0 Å². The van der Waals surface area contributed by atoms with Crippen molar-refractivity contribution in [3.05, 3.63) is 54.1 Å². The summed E-state index contributed by atoms with van der Waals surface area (Å²) in [5.74, 6) is 1.49. The maximum Gasteiger partial charge on any atom is 0.256 e. The highest BCUT2D eigenvalue weighted by molar-refractivity contribution is 5.14. The Labute approximate surface area is 218 Å². The van der Waals surface area contributed by atoms with E-state index in [2.05, 4.69) is 65.7 Å². The number of hydrogen-bond donors (Lipinski definition) is 0. The molecule has 198 valence electrons. The predicted molar refractivity (Wildman–Crippen MR) is 153 cm³/mol. The SMILES string of the molecule is CCCCCCCCCCCCCCCCCCCn1cc[n+](CCCc2ccccc2)c1CC. The lowest BCUT2D eigenvalue weighted by Crippen LogP contribution is -2.37. The summed E-state index contributed by atoms with van der Waals surface area (Å²) in [6.45, 7) is 6.92. The van der Waals surface area contributed by atoms with Crippen molar-refractivity contribution in [2.75, 3.05) is 0 Å². The van der Waals surface area contributed by atoms with Crippen molar-refractivity contribution in [1.82, 2.24) is 4.57 Å². The Morgan fingerprint density at radius 3 is 1.63 bits per heavy atom. The summed E-state index contributed by atoms with van der Waals surface area (Å²) in [5, 5.41) is 0. The van der Waals surface area contributed by atoms with Crippen LogP contribution in [0.15, 0.2) is 42.7 Å². The third-order valence-electron chi connectivity index (χ3n) is 7.62. The molecule has 1 heterocycles. The molecule has 0 aliphatic rings. The van der Waals surface area contributed by atoms with Gasteiger partial charge in [0, 0.05) is 6.42 Å². The van der Waals surface area contributed by atoms with Crippen molar-refractivity contribution in [3.8, 4) is 0 Å². The molecule has 0 bridgehead atoms. The minimum atomic E-state index is 1.12. The van der Waals surface area contributed by atoms with Crippen LogP contribution in [0.4, 0.5) is 0 Å². The van der Waals surface area contributed by atoms with E-state index in [1.165, 1.54) is 140 Å². The zero-order chi connectivity index (χ0) is 24.8. The molecule has 0 saturated heterocycles. The van der Waals surface area contributed by atoms with Gasteiger partial charge in [-0.05, 0) is 31.2 Å². The molecule has 0 atom stereocenters. The van der Waals surface area contributed by atoms with E-state index in [1.807, 2.05) is 0 Å². The Bertz CT molecular complexity index is 718. The molecule has 0 unspecified atom stereocenters. The topological polar surface area (TPSA) is 8.81 Å². The second kappa shape index (κ2) is 20.6. The summed E-state index contributed by atoms with van der Waals surface area (Å²) in [4.78, 5) is 0. The highest BCUT2D eigenvalue weighted by Crippen LogP contribution is 2.14. The van der Waals surface area contributed by atoms with Crippen molar-refractivity contribution in [2.45, 2.75) is 155 Å². The van der Waals surface area contributed by atoms with Crippen molar-refractivity contribution in [1.29, 1.82) is 0 Å². The molecule has 0 aliphatic carbocycles. The van der Waals surface area contributed by atoms with E-state index in [-0.39, 0.29) is 0 Å². The van der Waals surface area contributed by atoms with Gasteiger partial charge in [-0.3, -0.25) is 0 Å². The second-order valence-electron chi connectivity index (χ2n) is 10.7. The van der Waals surface area contributed by atoms with E-state index in [0.29, 0.717) is 0 Å². The molecule has 1 aromatic heterocycles. The van der Waals surface area contributed by atoms with E-state index in [9.17, 15) is 0 Å². The standard InChI is InChI=1S/C33H57N2/c1-3-5-6-7-8-9-10-11-12-13-14-15-16-17-18-19-23-28-34-30-31-35(33(34)4-2)29-24-27-32-25-21-20-22-26-32/h20-22,25-26,30-31H,3-19,23-24,27-29H2,1-2H3/q+1. The number of hydrogen-bond acceptors (Lipinski definition) is 0. The number of aryl methyl sites for hydroxylation is 3. The largest absolute Gasteiger partial charge is 0.256 e. The average molecular weight is 482 g/mol. The monoisotopic (exact) mass is 481 g/mol. The van der Waals surface area contributed by atoms with Crippen LogP contribution in [0.1, 0.15) is 141 Å². The summed E-state index contributed by atoms with van der Waals surface area (Å²) >= 11 is 0. The highest BCUT2D eigenvalue weighted by Gasteiger charge is 2.14. The molecular formula is C33H57N2+. The van der Waals surface area contributed by atoms with E-state index >= 15 is 0 Å². The number of unbranched alkanes of at least 4 members (excludes halogenated alkanes) is 16. The quantitative estimate of drug-likeness (QED) is 0.110. The Kier molecular flexibility index (Phi) is 17.5. The molecule has 2 nitrogen and oxygen atoms in total. The molecule has 0 spiro atoms. The molecule has 1 aromatic carbocycles. The number of rotatable bonds is 23. The van der Waals surface area contributed by atoms with Crippen LogP contribution in [0.3, 0.4) is 0 Å². The zero-order valence-electron chi connectivity index (χ0n) is 23.5. The lowest BCUT2D eigenvalue weighted by atomic mass is 10.0. The van der Waals surface area contributed by atoms with Crippen LogP contribution in [-0.4, -0.2) is 4.57 Å². The first-order chi connectivity index (χ1) is 17.3. The zero-order valence-corrected chi connectivity index (χ0v) is 23.5. The number of benzene rings is 1. The molecular weight excluding hydrogens is 424 g/mol. The summed E-state index contributed by atoms with van der Waals surface area (Å²) < 4.78 is 4.99. The minimum Gasteiger partial charge on any atom is -0.234 e. The fourth-order valence-electron chi connectivity index (χ4n) is 5.42. The van der Waals surface area contributed by atoms with Gasteiger partial charge in [-0.1, -0.05) is 140 Å². The van der Waals surface area contributed by atoms with Gasteiger partial charge in [0.15, 0.2) is 0 Å². The predicted octanol–water partition coefficient (Wildman–Crippen LogP) is 9.62. The molecule has 0 radical (unpaired) electrons. The van der Waals surface area contributed by atoms with Crippen LogP contribution >= 0.6 is 0 Å². The molecule has 0 N–H and O–H groups in total. The van der Waals surface area contributed by atoms with Crippen molar-refractivity contribution in [2.24, 2.45) is 0 Å². The van der Waals surface area contributed by atoms with E-state index < -0.39 is 0 Å².